The summed E-state index contributed by atoms with van der Waals surface area (Å²) in [6, 6.07) is 0. The lowest BCUT2D eigenvalue weighted by molar-refractivity contribution is 0.944. The highest BCUT2D eigenvalue weighted by Crippen LogP contribution is 2.13. The number of imidazole rings is 1. The number of hydrogen-bond acceptors (Lipinski definition) is 4. The van der Waals surface area contributed by atoms with Crippen molar-refractivity contribution in [1.29, 1.82) is 0 Å². The van der Waals surface area contributed by atoms with E-state index in [9.17, 15) is 0 Å². The highest BCUT2D eigenvalue weighted by Gasteiger charge is 2.06. The van der Waals surface area contributed by atoms with E-state index in [4.69, 9.17) is 0 Å². The summed E-state index contributed by atoms with van der Waals surface area (Å²) in [5, 5.41) is 0.452. The molecule has 0 aliphatic heterocycles. The van der Waals surface area contributed by atoms with Crippen molar-refractivity contribution >= 4 is 23.8 Å². The number of nitrogens with one attached hydrogen (secondary N) is 1. The average molecular weight is 192 g/mol. The Morgan fingerprint density at radius 3 is 3.15 bits per heavy atom. The van der Waals surface area contributed by atoms with Gasteiger partial charge in [0.05, 0.1) is 12.0 Å². The number of H-pyrrole nitrogens is 1. The molecule has 0 fully saturated rings. The highest BCUT2D eigenvalue weighted by atomic mass is 32.1. The van der Waals surface area contributed by atoms with Gasteiger partial charge in [-0.15, -0.1) is 19.2 Å². The average Bonchev–Trinajstić information content (AvgIpc) is 2.52. The van der Waals surface area contributed by atoms with E-state index in [-0.39, 0.29) is 0 Å². The molecule has 1 N–H and O–H groups in total. The van der Waals surface area contributed by atoms with Crippen LogP contribution < -0.4 is 0 Å². The smallest absolute Gasteiger partial charge is 0.186 e. The monoisotopic (exact) mass is 192 g/mol. The quantitative estimate of drug-likeness (QED) is 0.429. The van der Waals surface area contributed by atoms with Gasteiger partial charge in [0.15, 0.2) is 10.8 Å². The third-order valence-corrected chi connectivity index (χ3v) is 1.88. The van der Waals surface area contributed by atoms with E-state index in [0.29, 0.717) is 11.6 Å². The van der Waals surface area contributed by atoms with Crippen molar-refractivity contribution in [3.05, 3.63) is 24.7 Å². The van der Waals surface area contributed by atoms with Gasteiger partial charge in [0.2, 0.25) is 0 Å². The van der Waals surface area contributed by atoms with E-state index in [1.54, 1.807) is 12.4 Å². The molecule has 0 radical (unpaired) electrons. The minimum absolute atomic E-state index is 0.452. The fraction of sp³-hybridized carbons (Fsp3) is 0.125. The Morgan fingerprint density at radius 1 is 1.54 bits per heavy atom. The van der Waals surface area contributed by atoms with E-state index < -0.39 is 0 Å². The maximum absolute atomic E-state index is 4.16. The van der Waals surface area contributed by atoms with Crippen LogP contribution >= 0.6 is 12.6 Å². The molecule has 0 saturated carbocycles. The molecule has 13 heavy (non-hydrogen) atoms. The van der Waals surface area contributed by atoms with Crippen LogP contribution in [0.25, 0.3) is 11.2 Å². The summed E-state index contributed by atoms with van der Waals surface area (Å²) in [6.45, 7) is 3.65. The number of fused-ring (bicyclic) bond motifs is 1. The number of aromatic amines is 1. The molecule has 2 rings (SSSR count). The molecule has 0 aliphatic rings. The van der Waals surface area contributed by atoms with Gasteiger partial charge in [-0.3, -0.25) is 0 Å². The molecular weight excluding hydrogens is 184 g/mol. The van der Waals surface area contributed by atoms with E-state index in [2.05, 4.69) is 39.1 Å². The molecule has 2 aromatic rings. The molecular formula is C8H8N4S. The Hall–Kier alpha value is -1.36. The van der Waals surface area contributed by atoms with Crippen molar-refractivity contribution in [2.75, 3.05) is 0 Å². The number of hydrogen-bond donors (Lipinski definition) is 2. The van der Waals surface area contributed by atoms with Gasteiger partial charge in [-0.1, -0.05) is 6.08 Å². The third kappa shape index (κ3) is 1.42. The zero-order chi connectivity index (χ0) is 9.26. The van der Waals surface area contributed by atoms with Crippen LogP contribution in [0, 0.1) is 0 Å². The lowest BCUT2D eigenvalue weighted by Crippen LogP contribution is -1.94. The fourth-order valence-electron chi connectivity index (χ4n) is 1.16. The normalized spacial score (nSPS) is 10.5. The first-order valence-electron chi connectivity index (χ1n) is 3.81. The second-order valence-corrected chi connectivity index (χ2v) is 2.96. The van der Waals surface area contributed by atoms with Gasteiger partial charge in [-0.05, 0) is 0 Å². The molecule has 5 heteroatoms. The lowest BCUT2D eigenvalue weighted by atomic mass is 10.3. The van der Waals surface area contributed by atoms with E-state index in [0.717, 1.165) is 16.9 Å². The van der Waals surface area contributed by atoms with Gasteiger partial charge in [0.25, 0.3) is 0 Å². The predicted molar refractivity (Wildman–Crippen MR) is 52.8 cm³/mol. The summed E-state index contributed by atoms with van der Waals surface area (Å²) in [7, 11) is 0. The van der Waals surface area contributed by atoms with E-state index in [1.807, 2.05) is 0 Å². The highest BCUT2D eigenvalue weighted by molar-refractivity contribution is 7.80. The van der Waals surface area contributed by atoms with Gasteiger partial charge >= 0.3 is 0 Å². The van der Waals surface area contributed by atoms with Gasteiger partial charge in [0, 0.05) is 6.42 Å². The van der Waals surface area contributed by atoms with Crippen LogP contribution in [-0.2, 0) is 6.42 Å². The maximum atomic E-state index is 4.16. The Kier molecular flexibility index (Phi) is 2.02. The zero-order valence-electron chi connectivity index (χ0n) is 6.86. The molecule has 2 heterocycles. The second kappa shape index (κ2) is 3.18. The Balaban J connectivity index is 2.69. The molecule has 66 valence electrons. The van der Waals surface area contributed by atoms with Crippen LogP contribution in [0.2, 0.25) is 0 Å². The molecule has 4 nitrogen and oxygen atoms in total. The molecule has 0 aromatic carbocycles. The number of allylic oxidation sites excluding steroid dienone is 1. The topological polar surface area (TPSA) is 54.5 Å². The number of nitrogens with zero attached hydrogens (tertiary/aromatic N) is 3. The first-order valence-corrected chi connectivity index (χ1v) is 4.26. The van der Waals surface area contributed by atoms with Crippen LogP contribution in [-0.4, -0.2) is 19.9 Å². The van der Waals surface area contributed by atoms with Gasteiger partial charge in [-0.2, -0.15) is 0 Å². The number of aromatic nitrogens is 4. The van der Waals surface area contributed by atoms with E-state index in [1.165, 1.54) is 0 Å². The summed E-state index contributed by atoms with van der Waals surface area (Å²) in [5.74, 6) is 0. The fourth-order valence-corrected chi connectivity index (χ4v) is 1.38. The molecule has 0 aliphatic carbocycles. The van der Waals surface area contributed by atoms with Crippen LogP contribution in [0.3, 0.4) is 0 Å². The van der Waals surface area contributed by atoms with Crippen LogP contribution in [0.4, 0.5) is 0 Å². The summed E-state index contributed by atoms with van der Waals surface area (Å²) in [5.41, 5.74) is 2.36. The Bertz CT molecular complexity index is 448. The third-order valence-electron chi connectivity index (χ3n) is 1.68. The molecule has 0 unspecified atom stereocenters. The van der Waals surface area contributed by atoms with E-state index >= 15 is 0 Å². The minimum atomic E-state index is 0.452. The van der Waals surface area contributed by atoms with Crippen molar-refractivity contribution in [1.82, 2.24) is 19.9 Å². The van der Waals surface area contributed by atoms with Crippen molar-refractivity contribution in [2.45, 2.75) is 11.6 Å². The summed E-state index contributed by atoms with van der Waals surface area (Å²) < 4.78 is 0. The minimum Gasteiger partial charge on any atom is -0.329 e. The largest absolute Gasteiger partial charge is 0.329 e. The molecule has 2 aromatic heterocycles. The maximum Gasteiger partial charge on any atom is 0.186 e. The standard InChI is InChI=1S/C8H8N4S/c1-2-3-5-6-7(10-4-9-6)12-8(13)11-5/h2,4H,1,3H2,(H2,9,10,11,12,13). The van der Waals surface area contributed by atoms with Gasteiger partial charge < -0.3 is 4.98 Å². The van der Waals surface area contributed by atoms with Crippen LogP contribution in [0.15, 0.2) is 24.1 Å². The summed E-state index contributed by atoms with van der Waals surface area (Å²) >= 11 is 4.09. The number of thiol groups is 1. The first-order chi connectivity index (χ1) is 6.31. The first kappa shape index (κ1) is 8.25. The summed E-state index contributed by atoms with van der Waals surface area (Å²) in [6.07, 6.45) is 4.06. The van der Waals surface area contributed by atoms with Gasteiger partial charge in [-0.25, -0.2) is 15.0 Å². The number of rotatable bonds is 2. The van der Waals surface area contributed by atoms with Crippen molar-refractivity contribution < 1.29 is 0 Å². The predicted octanol–water partition coefficient (Wildman–Crippen LogP) is 1.37. The SMILES string of the molecule is C=CCc1nc(S)nc2[nH]cnc12. The molecule has 0 saturated heterocycles. The molecule has 0 amide bonds. The second-order valence-electron chi connectivity index (χ2n) is 2.56. The Labute approximate surface area is 80.5 Å². The van der Waals surface area contributed by atoms with Crippen molar-refractivity contribution in [3.8, 4) is 0 Å². The molecule has 0 bridgehead atoms. The van der Waals surface area contributed by atoms with Gasteiger partial charge in [0.1, 0.15) is 5.52 Å². The van der Waals surface area contributed by atoms with Crippen molar-refractivity contribution in [2.24, 2.45) is 0 Å². The zero-order valence-corrected chi connectivity index (χ0v) is 7.75. The molecule has 0 atom stereocenters. The van der Waals surface area contributed by atoms with Crippen LogP contribution in [0.5, 0.6) is 0 Å². The van der Waals surface area contributed by atoms with Crippen molar-refractivity contribution in [3.63, 3.8) is 0 Å². The summed E-state index contributed by atoms with van der Waals surface area (Å²) in [4.78, 5) is 15.3. The molecule has 0 spiro atoms. The van der Waals surface area contributed by atoms with Crippen LogP contribution in [0.1, 0.15) is 5.69 Å². The lowest BCUT2D eigenvalue weighted by Gasteiger charge is -1.97. The Morgan fingerprint density at radius 2 is 2.38 bits per heavy atom.